The number of amides is 2. The van der Waals surface area contributed by atoms with E-state index >= 15 is 0 Å². The molecule has 0 saturated heterocycles. The second kappa shape index (κ2) is 49.9. The predicted octanol–water partition coefficient (Wildman–Crippen LogP) is 19.4. The molecule has 0 aliphatic heterocycles. The summed E-state index contributed by atoms with van der Waals surface area (Å²) in [4.78, 5) is 55.8. The number of benzene rings is 2. The minimum absolute atomic E-state index is 0. The summed E-state index contributed by atoms with van der Waals surface area (Å²) in [5.41, 5.74) is 20.0. The number of H-pyrrole nitrogens is 1. The number of nitrogens with two attached hydrogens (primary N) is 3. The van der Waals surface area contributed by atoms with Gasteiger partial charge in [0.25, 0.3) is 17.4 Å². The van der Waals surface area contributed by atoms with Crippen molar-refractivity contribution in [2.45, 2.75) is 190 Å². The average molecular weight is 2230 g/mol. The number of rotatable bonds is 14. The number of halogens is 8. The molecule has 2 amide bonds. The molecule has 0 spiro atoms. The van der Waals surface area contributed by atoms with E-state index in [1.165, 1.54) is 94.4 Å². The first kappa shape index (κ1) is 108. The molecule has 45 heteroatoms. The molecule has 10 aromatic heterocycles. The maximum absolute atomic E-state index is 12.1. The third-order valence-electron chi connectivity index (χ3n) is 20.2. The molecule has 4 aliphatic carbocycles. The highest BCUT2D eigenvalue weighted by molar-refractivity contribution is 9.11. The molecule has 4 fully saturated rings. The maximum atomic E-state index is 12.1. The number of hydrogen-bond acceptors (Lipinski definition) is 30. The highest BCUT2D eigenvalue weighted by Crippen LogP contribution is 2.61. The van der Waals surface area contributed by atoms with Crippen LogP contribution < -0.4 is 44.2 Å². The summed E-state index contributed by atoms with van der Waals surface area (Å²) in [6, 6.07) is 29.3. The van der Waals surface area contributed by atoms with Crippen molar-refractivity contribution in [1.29, 1.82) is 15.8 Å². The number of nitrogens with one attached hydrogen (secondary N) is 4. The Hall–Kier alpha value is -6.41. The van der Waals surface area contributed by atoms with Crippen molar-refractivity contribution < 1.29 is 61.5 Å². The van der Waals surface area contributed by atoms with Gasteiger partial charge in [0.1, 0.15) is 40.8 Å². The second-order valence-electron chi connectivity index (χ2n) is 28.8. The van der Waals surface area contributed by atoms with Gasteiger partial charge in [-0.3, -0.25) is 18.9 Å². The van der Waals surface area contributed by atoms with Crippen LogP contribution in [0.15, 0.2) is 140 Å². The molecular formula is C82H92BBr4Cl4N14O14PS7. The molecule has 0 bridgehead atoms. The fourth-order valence-corrected chi connectivity index (χ4v) is 22.9. The molecule has 12 aromatic rings. The van der Waals surface area contributed by atoms with Gasteiger partial charge in [-0.25, -0.2) is 36.8 Å². The van der Waals surface area contributed by atoms with Crippen molar-refractivity contribution in [3.8, 4) is 28.6 Å². The van der Waals surface area contributed by atoms with E-state index in [-0.39, 0.29) is 72.7 Å². The Morgan fingerprint density at radius 2 is 0.835 bits per heavy atom. The molecule has 680 valence electrons. The minimum atomic E-state index is -3.26. The van der Waals surface area contributed by atoms with E-state index in [1.54, 1.807) is 61.7 Å². The molecule has 0 atom stereocenters. The first-order valence-corrected chi connectivity index (χ1v) is 54.0. The highest BCUT2D eigenvalue weighted by Gasteiger charge is 2.27. The number of hydrogen-bond donors (Lipinski definition) is 13. The minimum Gasteiger partial charge on any atom is -0.423 e. The van der Waals surface area contributed by atoms with Crippen LogP contribution in [0, 0.1) is 34.0 Å². The van der Waals surface area contributed by atoms with Crippen LogP contribution in [0.5, 0.6) is 0 Å². The average Bonchev–Trinajstić information content (AvgIpc) is 1.61. The Kier molecular flexibility index (Phi) is 42.3. The number of sulfone groups is 2. The number of primary amides is 2. The smallest absolute Gasteiger partial charge is 0.423 e. The van der Waals surface area contributed by atoms with E-state index in [0.29, 0.717) is 67.2 Å². The molecule has 10 heterocycles. The van der Waals surface area contributed by atoms with Crippen LogP contribution in [0.25, 0.3) is 60.9 Å². The number of anilines is 3. The first-order valence-electron chi connectivity index (χ1n) is 38.6. The van der Waals surface area contributed by atoms with Gasteiger partial charge in [0.15, 0.2) is 19.7 Å². The molecule has 16 rings (SSSR count). The SMILES string of the molecule is C.C.CCS(=O)(=O)c1ccc(-c2cc3c(NC4CCC(O)CC4)ncc(C(N)=O)c3s2)cc1.CCS(=O)(=O)c1ccc(B(O)O)cc1.N#Cc1c[nH]c(=O)c2cc(Br)sc12.N#Cc1cnc(Cl)c2cc(Br)sc12.N#Cc1cnc(NC2CCC(O)CC2)c2cc(Br)sc12.NC(=O)c1cnc(NC2CCC(O)CC2)c2cc(Br)sc12.NC1CCC(O)CC1.O=P(Cl)(Cl)Cl. The Balaban J connectivity index is 0.000000207. The topological polar surface area (TPSA) is 511 Å². The van der Waals surface area contributed by atoms with Gasteiger partial charge in [-0.1, -0.05) is 64.6 Å². The third-order valence-corrected chi connectivity index (χ3v) is 31.9. The molecule has 0 unspecified atom stereocenters. The van der Waals surface area contributed by atoms with Gasteiger partial charge < -0.3 is 68.6 Å². The fourth-order valence-electron chi connectivity index (χ4n) is 13.4. The number of aromatic amines is 1. The van der Waals surface area contributed by atoms with Crippen LogP contribution in [0.3, 0.4) is 0 Å². The number of nitrogens with zero attached hydrogens (tertiary/aromatic N) is 7. The van der Waals surface area contributed by atoms with Gasteiger partial charge in [0.2, 0.25) is 0 Å². The van der Waals surface area contributed by atoms with Gasteiger partial charge in [-0.15, -0.1) is 56.7 Å². The third kappa shape index (κ3) is 31.1. The molecule has 4 saturated carbocycles. The van der Waals surface area contributed by atoms with E-state index in [0.717, 1.165) is 185 Å². The van der Waals surface area contributed by atoms with Crippen molar-refractivity contribution in [3.05, 3.63) is 168 Å². The fraction of sp³-hybridized carbons (Fsp3) is 0.366. The molecule has 16 N–H and O–H groups in total. The number of fused-ring (bicyclic) bond motifs is 5. The lowest BCUT2D eigenvalue weighted by Crippen LogP contribution is -2.29. The van der Waals surface area contributed by atoms with Crippen molar-refractivity contribution in [3.63, 3.8) is 0 Å². The Morgan fingerprint density at radius 3 is 1.21 bits per heavy atom. The Labute approximate surface area is 808 Å². The standard InChI is InChI=1S/C22H25N3O4S2.C14H16BrN3O2S.C14H14BrN3OS.C8H11BO4S.C8H2BrClN2S.C8H3BrN2OS.C6H13NO.2CH4.Cl3OP/c1-2-31(28,29)16-9-3-13(4-10-16)19-11-17-20(30-19)18(21(23)27)12-24-22(17)25-14-5-7-15(26)8-6-14;15-11-5-9-12(21-11)10(13(16)20)6-17-14(9)18-7-1-3-8(19)4-2-7;15-12-5-11-13(20-12)8(6-16)7-17-14(11)18-9-1-3-10(19)4-2-9;1-2-14(12,13)8-5-3-7(4-6-8)9(10)11;9-6-1-5-7(13-6)4(2-11)3-12-8(5)10;9-6-1-5-7(13-6)4(2-10)3-11-8(5)12;7-5-1-3-6(8)4-2-5;;;1-5(2,3)4/h3-4,9-12,14-15,26H,2,5-8H2,1H3,(H2,23,27)(H,24,25);5-8,19H,1-4H2,(H2,16,20)(H,17,18);5,7,9-10,19H,1-4H2,(H,17,18);3-6,10-11H,2H2,1H3;1,3H;1,3H,(H,11,12);5-6,8H,1-4,7H2;2*1H4;. The summed E-state index contributed by atoms with van der Waals surface area (Å²) in [7, 11) is -8.03. The normalized spacial score (nSPS) is 18.3. The number of carbonyl (C=O) groups is 2. The molecule has 127 heavy (non-hydrogen) atoms. The van der Waals surface area contributed by atoms with Crippen LogP contribution in [-0.4, -0.2) is 151 Å². The van der Waals surface area contributed by atoms with Gasteiger partial charge >= 0.3 is 12.3 Å². The van der Waals surface area contributed by atoms with Crippen LogP contribution in [0.4, 0.5) is 17.5 Å². The number of pyridine rings is 5. The van der Waals surface area contributed by atoms with Crippen molar-refractivity contribution in [2.75, 3.05) is 27.5 Å². The van der Waals surface area contributed by atoms with Crippen molar-refractivity contribution in [1.82, 2.24) is 24.9 Å². The lowest BCUT2D eigenvalue weighted by atomic mass is 9.81. The lowest BCUT2D eigenvalue weighted by Gasteiger charge is -2.26. The van der Waals surface area contributed by atoms with E-state index in [9.17, 15) is 51.1 Å². The quantitative estimate of drug-likeness (QED) is 0.0273. The van der Waals surface area contributed by atoms with Crippen molar-refractivity contribution in [2.24, 2.45) is 17.2 Å². The maximum Gasteiger partial charge on any atom is 0.488 e. The van der Waals surface area contributed by atoms with Gasteiger partial charge in [0, 0.05) is 81.6 Å². The zero-order valence-electron chi connectivity index (χ0n) is 66.5. The zero-order chi connectivity index (χ0) is 91.4. The summed E-state index contributed by atoms with van der Waals surface area (Å²) in [5.74, 6) is 1.39. The van der Waals surface area contributed by atoms with Crippen LogP contribution in [0.2, 0.25) is 5.15 Å². The van der Waals surface area contributed by atoms with Crippen LogP contribution in [0.1, 0.15) is 169 Å². The summed E-state index contributed by atoms with van der Waals surface area (Å²) < 4.78 is 64.3. The number of carbonyl (C=O) groups excluding carboxylic acids is 2. The summed E-state index contributed by atoms with van der Waals surface area (Å²) in [6.45, 7) is 3.18. The Morgan fingerprint density at radius 1 is 0.512 bits per heavy atom. The largest absolute Gasteiger partial charge is 0.488 e. The zero-order valence-corrected chi connectivity index (χ0v) is 82.4. The molecule has 2 aromatic carbocycles. The number of nitriles is 3. The summed E-state index contributed by atoms with van der Waals surface area (Å²) in [5, 5.41) is 93.8. The summed E-state index contributed by atoms with van der Waals surface area (Å²) >= 11 is 40.6. The number of aliphatic hydroxyl groups is 4. The number of thiophene rings is 5. The van der Waals surface area contributed by atoms with E-state index < -0.39 is 43.8 Å². The Bertz CT molecular complexity index is 6250. The van der Waals surface area contributed by atoms with Gasteiger partial charge in [-0.2, -0.15) is 15.8 Å². The van der Waals surface area contributed by atoms with Crippen LogP contribution >= 0.6 is 171 Å². The van der Waals surface area contributed by atoms with E-state index in [1.807, 2.05) is 30.3 Å². The molecule has 28 nitrogen and oxygen atoms in total. The first-order chi connectivity index (χ1) is 59.2. The van der Waals surface area contributed by atoms with Gasteiger partial charge in [-0.05, 0) is 266 Å². The van der Waals surface area contributed by atoms with Crippen molar-refractivity contribution >= 4 is 283 Å². The number of aliphatic hydroxyl groups excluding tert-OH is 4. The molecular weight excluding hydrogens is 2130 g/mol. The predicted molar refractivity (Wildman–Crippen MR) is 532 cm³/mol. The van der Waals surface area contributed by atoms with E-state index in [2.05, 4.69) is 150 Å². The highest BCUT2D eigenvalue weighted by atomic mass is 79.9. The second-order valence-corrected chi connectivity index (χ2v) is 51.2. The van der Waals surface area contributed by atoms with Gasteiger partial charge in [0.05, 0.1) is 118 Å². The van der Waals surface area contributed by atoms with E-state index in [4.69, 9.17) is 59.7 Å². The number of aromatic nitrogens is 5. The molecule has 4 aliphatic rings. The monoisotopic (exact) mass is 2220 g/mol. The summed E-state index contributed by atoms with van der Waals surface area (Å²) in [6.07, 6.45) is 21.0. The molecule has 0 radical (unpaired) electrons. The van der Waals surface area contributed by atoms with Crippen LogP contribution in [-0.2, 0) is 24.2 Å². The lowest BCUT2D eigenvalue weighted by molar-refractivity contribution is 0.0993.